The first-order valence-corrected chi connectivity index (χ1v) is 11.5. The molecule has 0 spiro atoms. The van der Waals surface area contributed by atoms with E-state index in [-0.39, 0.29) is 12.2 Å². The van der Waals surface area contributed by atoms with Crippen LogP contribution >= 0.6 is 0 Å². The molecule has 7 nitrogen and oxygen atoms in total. The zero-order valence-corrected chi connectivity index (χ0v) is 18.5. The number of piperidine rings is 1. The Balaban J connectivity index is 1.09. The van der Waals surface area contributed by atoms with Crippen molar-refractivity contribution < 1.29 is 23.7 Å². The number of carbonyl (C=O) groups excluding carboxylic acids is 1. The van der Waals surface area contributed by atoms with Crippen LogP contribution in [0.15, 0.2) is 42.5 Å². The number of carbonyl (C=O) groups is 1. The summed E-state index contributed by atoms with van der Waals surface area (Å²) in [6.45, 7) is 6.56. The molecule has 0 bridgehead atoms. The third-order valence-corrected chi connectivity index (χ3v) is 6.56. The van der Waals surface area contributed by atoms with Gasteiger partial charge < -0.3 is 23.8 Å². The predicted octanol–water partition coefficient (Wildman–Crippen LogP) is 4.41. The Bertz CT molecular complexity index is 940. The lowest BCUT2D eigenvalue weighted by Gasteiger charge is -2.32. The van der Waals surface area contributed by atoms with Crippen molar-refractivity contribution in [2.24, 2.45) is 0 Å². The molecule has 5 rings (SSSR count). The van der Waals surface area contributed by atoms with Crippen molar-refractivity contribution in [1.29, 1.82) is 0 Å². The smallest absolute Gasteiger partial charge is 0.414 e. The van der Waals surface area contributed by atoms with Crippen molar-refractivity contribution >= 4 is 11.8 Å². The number of hydrogen-bond acceptors (Lipinski definition) is 6. The molecule has 1 unspecified atom stereocenters. The molecule has 3 aliphatic rings. The average molecular weight is 439 g/mol. The van der Waals surface area contributed by atoms with E-state index in [4.69, 9.17) is 18.9 Å². The zero-order chi connectivity index (χ0) is 21.9. The second kappa shape index (κ2) is 9.28. The lowest BCUT2D eigenvalue weighted by Crippen LogP contribution is -2.35. The summed E-state index contributed by atoms with van der Waals surface area (Å²) < 4.78 is 22.1. The molecule has 3 aliphatic heterocycles. The van der Waals surface area contributed by atoms with Crippen LogP contribution in [0.25, 0.3) is 0 Å². The van der Waals surface area contributed by atoms with Gasteiger partial charge in [0.05, 0.1) is 13.2 Å². The summed E-state index contributed by atoms with van der Waals surface area (Å²) in [6, 6.07) is 13.9. The minimum Gasteiger partial charge on any atom is -0.494 e. The lowest BCUT2D eigenvalue weighted by atomic mass is 9.89. The maximum Gasteiger partial charge on any atom is 0.414 e. The number of amides is 1. The van der Waals surface area contributed by atoms with E-state index in [2.05, 4.69) is 17.0 Å². The van der Waals surface area contributed by atoms with Crippen LogP contribution in [0, 0.1) is 0 Å². The molecule has 1 atom stereocenters. The zero-order valence-electron chi connectivity index (χ0n) is 18.5. The third-order valence-electron chi connectivity index (χ3n) is 6.56. The molecule has 2 aromatic carbocycles. The largest absolute Gasteiger partial charge is 0.494 e. The molecule has 0 saturated carbocycles. The van der Waals surface area contributed by atoms with E-state index in [1.807, 2.05) is 37.3 Å². The molecule has 170 valence electrons. The van der Waals surface area contributed by atoms with E-state index in [0.717, 1.165) is 61.8 Å². The maximum absolute atomic E-state index is 12.4. The molecule has 0 aliphatic carbocycles. The predicted molar refractivity (Wildman–Crippen MR) is 121 cm³/mol. The summed E-state index contributed by atoms with van der Waals surface area (Å²) in [5, 5.41) is 0. The summed E-state index contributed by atoms with van der Waals surface area (Å²) in [5.74, 6) is 3.08. The van der Waals surface area contributed by atoms with Gasteiger partial charge in [0.2, 0.25) is 6.79 Å². The Morgan fingerprint density at radius 2 is 1.81 bits per heavy atom. The highest BCUT2D eigenvalue weighted by molar-refractivity contribution is 5.89. The maximum atomic E-state index is 12.4. The van der Waals surface area contributed by atoms with Gasteiger partial charge in [-0.05, 0) is 87.2 Å². The van der Waals surface area contributed by atoms with Crippen molar-refractivity contribution in [3.05, 3.63) is 48.0 Å². The van der Waals surface area contributed by atoms with Gasteiger partial charge in [-0.25, -0.2) is 4.79 Å². The Hall–Kier alpha value is -2.93. The van der Waals surface area contributed by atoms with Crippen molar-refractivity contribution in [2.75, 3.05) is 44.5 Å². The summed E-state index contributed by atoms with van der Waals surface area (Å²) in [5.41, 5.74) is 2.19. The number of nitrogens with zero attached hydrogens (tertiary/aromatic N) is 2. The quantitative estimate of drug-likeness (QED) is 0.638. The van der Waals surface area contributed by atoms with E-state index in [1.54, 1.807) is 4.90 Å². The van der Waals surface area contributed by atoms with Gasteiger partial charge in [-0.2, -0.15) is 0 Å². The topological polar surface area (TPSA) is 60.5 Å². The van der Waals surface area contributed by atoms with Gasteiger partial charge in [0.15, 0.2) is 11.5 Å². The molecule has 3 heterocycles. The van der Waals surface area contributed by atoms with Crippen LogP contribution in [-0.4, -0.2) is 56.7 Å². The van der Waals surface area contributed by atoms with Crippen LogP contribution in [0.3, 0.4) is 0 Å². The number of hydrogen-bond donors (Lipinski definition) is 0. The number of fused-ring (bicyclic) bond motifs is 1. The van der Waals surface area contributed by atoms with E-state index < -0.39 is 0 Å². The fourth-order valence-corrected chi connectivity index (χ4v) is 4.76. The van der Waals surface area contributed by atoms with Crippen molar-refractivity contribution in [3.8, 4) is 17.2 Å². The molecular weight excluding hydrogens is 408 g/mol. The molecule has 2 saturated heterocycles. The van der Waals surface area contributed by atoms with Crippen molar-refractivity contribution in [3.63, 3.8) is 0 Å². The van der Waals surface area contributed by atoms with Crippen molar-refractivity contribution in [2.45, 2.75) is 38.2 Å². The molecule has 1 amide bonds. The van der Waals surface area contributed by atoms with Crippen LogP contribution < -0.4 is 19.1 Å². The Morgan fingerprint density at radius 1 is 1.03 bits per heavy atom. The van der Waals surface area contributed by atoms with E-state index >= 15 is 0 Å². The SMILES string of the molecule is CCOc1ccc(N2CC(CCN3CCC(c4ccc5c(c4)OCO5)CC3)OC2=O)cc1. The summed E-state index contributed by atoms with van der Waals surface area (Å²) in [7, 11) is 0. The molecule has 7 heteroatoms. The van der Waals surface area contributed by atoms with Crippen LogP contribution in [0.4, 0.5) is 10.5 Å². The standard InChI is InChI=1S/C25H30N2O5/c1-2-29-21-6-4-20(5-7-21)27-16-22(32-25(27)28)11-14-26-12-9-18(10-13-26)19-3-8-23-24(15-19)31-17-30-23/h3-8,15,18,22H,2,9-14,16-17H2,1H3. The van der Waals surface area contributed by atoms with Crippen LogP contribution in [0.2, 0.25) is 0 Å². The molecule has 0 radical (unpaired) electrons. The van der Waals surface area contributed by atoms with Gasteiger partial charge in [-0.1, -0.05) is 6.07 Å². The fraction of sp³-hybridized carbons (Fsp3) is 0.480. The lowest BCUT2D eigenvalue weighted by molar-refractivity contribution is 0.120. The fourth-order valence-electron chi connectivity index (χ4n) is 4.76. The van der Waals surface area contributed by atoms with E-state index in [0.29, 0.717) is 25.9 Å². The second-order valence-electron chi connectivity index (χ2n) is 8.56. The molecular formula is C25H30N2O5. The van der Waals surface area contributed by atoms with Crippen LogP contribution in [0.1, 0.15) is 37.7 Å². The van der Waals surface area contributed by atoms with E-state index in [1.165, 1.54) is 5.56 Å². The minimum atomic E-state index is -0.263. The molecule has 2 aromatic rings. The van der Waals surface area contributed by atoms with Gasteiger partial charge in [0.25, 0.3) is 0 Å². The van der Waals surface area contributed by atoms with Gasteiger partial charge >= 0.3 is 6.09 Å². The summed E-state index contributed by atoms with van der Waals surface area (Å²) in [4.78, 5) is 16.6. The number of anilines is 1. The van der Waals surface area contributed by atoms with Crippen LogP contribution in [-0.2, 0) is 4.74 Å². The van der Waals surface area contributed by atoms with E-state index in [9.17, 15) is 4.79 Å². The number of benzene rings is 2. The molecule has 0 aromatic heterocycles. The molecule has 2 fully saturated rings. The number of rotatable bonds is 7. The first kappa shape index (κ1) is 20.9. The highest BCUT2D eigenvalue weighted by Gasteiger charge is 2.33. The number of likely N-dealkylation sites (tertiary alicyclic amines) is 1. The van der Waals surface area contributed by atoms with Gasteiger partial charge in [-0.3, -0.25) is 4.90 Å². The Labute approximate surface area is 188 Å². The average Bonchev–Trinajstić information content (AvgIpc) is 3.44. The third kappa shape index (κ3) is 4.48. The highest BCUT2D eigenvalue weighted by atomic mass is 16.7. The first-order valence-electron chi connectivity index (χ1n) is 11.5. The summed E-state index contributed by atoms with van der Waals surface area (Å²) in [6.07, 6.45) is 2.78. The van der Waals surface area contributed by atoms with Gasteiger partial charge in [0, 0.05) is 12.2 Å². The minimum absolute atomic E-state index is 0.0688. The Kier molecular flexibility index (Phi) is 6.08. The normalized spacial score (nSPS) is 21.1. The number of cyclic esters (lactones) is 1. The van der Waals surface area contributed by atoms with Gasteiger partial charge in [0.1, 0.15) is 11.9 Å². The molecule has 0 N–H and O–H groups in total. The number of ether oxygens (including phenoxy) is 4. The Morgan fingerprint density at radius 3 is 2.59 bits per heavy atom. The molecule has 32 heavy (non-hydrogen) atoms. The first-order chi connectivity index (χ1) is 15.7. The summed E-state index contributed by atoms with van der Waals surface area (Å²) >= 11 is 0. The monoisotopic (exact) mass is 438 g/mol. The van der Waals surface area contributed by atoms with Crippen molar-refractivity contribution in [1.82, 2.24) is 4.90 Å². The van der Waals surface area contributed by atoms with Gasteiger partial charge in [-0.15, -0.1) is 0 Å². The highest BCUT2D eigenvalue weighted by Crippen LogP contribution is 2.37. The van der Waals surface area contributed by atoms with Crippen LogP contribution in [0.5, 0.6) is 17.2 Å². The second-order valence-corrected chi connectivity index (χ2v) is 8.56.